The Bertz CT molecular complexity index is 583. The minimum absolute atomic E-state index is 0.395. The summed E-state index contributed by atoms with van der Waals surface area (Å²) in [4.78, 5) is 8.62. The van der Waals surface area contributed by atoms with Crippen LogP contribution in [0.25, 0.3) is 0 Å². The molecule has 0 bridgehead atoms. The molecule has 0 saturated heterocycles. The number of rotatable bonds is 3. The number of aryl methyl sites for hydroxylation is 1. The molecule has 2 N–H and O–H groups in total. The molecular weight excluding hydrogens is 258 g/mol. The van der Waals surface area contributed by atoms with Crippen molar-refractivity contribution in [3.8, 4) is 5.75 Å². The average Bonchev–Trinajstić information content (AvgIpc) is 2.78. The summed E-state index contributed by atoms with van der Waals surface area (Å²) in [6.45, 7) is 2.66. The van der Waals surface area contributed by atoms with Gasteiger partial charge >= 0.3 is 0 Å². The van der Waals surface area contributed by atoms with Crippen LogP contribution < -0.4 is 10.5 Å². The van der Waals surface area contributed by atoms with Crippen LogP contribution in [0.15, 0.2) is 35.5 Å². The first kappa shape index (κ1) is 12.3. The largest absolute Gasteiger partial charge is 0.493 e. The summed E-state index contributed by atoms with van der Waals surface area (Å²) in [5.41, 5.74) is 7.91. The Balaban J connectivity index is 1.70. The van der Waals surface area contributed by atoms with Crippen molar-refractivity contribution in [2.45, 2.75) is 18.0 Å². The molecule has 0 radical (unpaired) electrons. The second kappa shape index (κ2) is 5.09. The average molecular weight is 273 g/mol. The number of fused-ring (bicyclic) bond motifs is 1. The maximum Gasteiger partial charge on any atom is 0.189 e. The fourth-order valence-corrected chi connectivity index (χ4v) is 3.18. The van der Waals surface area contributed by atoms with E-state index in [0.29, 0.717) is 11.7 Å². The summed E-state index contributed by atoms with van der Waals surface area (Å²) < 4.78 is 5.67. The number of aromatic nitrogens is 2. The van der Waals surface area contributed by atoms with Crippen molar-refractivity contribution in [3.63, 3.8) is 0 Å². The second-order valence-corrected chi connectivity index (χ2v) is 5.56. The maximum atomic E-state index is 5.73. The number of thioether (sulfide) groups is 1. The van der Waals surface area contributed by atoms with Gasteiger partial charge in [-0.15, -0.1) is 0 Å². The van der Waals surface area contributed by atoms with E-state index in [9.17, 15) is 0 Å². The highest BCUT2D eigenvalue weighted by molar-refractivity contribution is 7.99. The molecule has 3 rings (SSSR count). The summed E-state index contributed by atoms with van der Waals surface area (Å²) in [7, 11) is 0. The van der Waals surface area contributed by atoms with E-state index >= 15 is 0 Å². The fraction of sp³-hybridized carbons (Fsp3) is 0.286. The van der Waals surface area contributed by atoms with Crippen molar-refractivity contribution in [2.24, 2.45) is 0 Å². The molecule has 0 amide bonds. The number of nitrogens with two attached hydrogens (primary N) is 1. The fourth-order valence-electron chi connectivity index (χ4n) is 2.17. The predicted octanol–water partition coefficient (Wildman–Crippen LogP) is 2.64. The van der Waals surface area contributed by atoms with Crippen LogP contribution in [0.5, 0.6) is 5.75 Å². The molecular formula is C14H15N3OS. The molecule has 1 aliphatic heterocycles. The van der Waals surface area contributed by atoms with Crippen LogP contribution in [0.1, 0.15) is 17.2 Å². The second-order valence-electron chi connectivity index (χ2n) is 4.57. The van der Waals surface area contributed by atoms with E-state index < -0.39 is 0 Å². The number of nitrogen functional groups attached to an aromatic ring is 1. The third-order valence-corrected chi connectivity index (χ3v) is 4.08. The van der Waals surface area contributed by atoms with E-state index in [4.69, 9.17) is 10.5 Å². The molecule has 1 atom stereocenters. The van der Waals surface area contributed by atoms with Crippen molar-refractivity contribution in [1.82, 2.24) is 9.97 Å². The molecule has 2 heterocycles. The number of benzene rings is 1. The van der Waals surface area contributed by atoms with Crippen LogP contribution >= 0.6 is 11.8 Å². The lowest BCUT2D eigenvalue weighted by Gasteiger charge is -2.08. The summed E-state index contributed by atoms with van der Waals surface area (Å²) in [6.07, 6.45) is 0. The molecule has 0 saturated carbocycles. The number of hydrogen-bond acceptors (Lipinski definition) is 5. The Labute approximate surface area is 116 Å². The maximum absolute atomic E-state index is 5.73. The molecule has 98 valence electrons. The zero-order chi connectivity index (χ0) is 13.2. The van der Waals surface area contributed by atoms with Gasteiger partial charge in [-0.1, -0.05) is 30.0 Å². The lowest BCUT2D eigenvalue weighted by atomic mass is 10.0. The molecule has 4 nitrogen and oxygen atoms in total. The predicted molar refractivity (Wildman–Crippen MR) is 76.6 cm³/mol. The van der Waals surface area contributed by atoms with Crippen LogP contribution in [0.4, 0.5) is 5.82 Å². The molecule has 19 heavy (non-hydrogen) atoms. The van der Waals surface area contributed by atoms with Crippen LogP contribution in [-0.4, -0.2) is 22.3 Å². The lowest BCUT2D eigenvalue weighted by molar-refractivity contribution is 0.338. The highest BCUT2D eigenvalue weighted by Gasteiger charge is 2.23. The number of nitrogens with zero attached hydrogens (tertiary/aromatic N) is 2. The molecule has 0 fully saturated rings. The minimum atomic E-state index is 0.395. The zero-order valence-corrected chi connectivity index (χ0v) is 11.5. The van der Waals surface area contributed by atoms with Crippen LogP contribution in [-0.2, 0) is 0 Å². The van der Waals surface area contributed by atoms with Crippen molar-refractivity contribution in [3.05, 3.63) is 41.6 Å². The van der Waals surface area contributed by atoms with Crippen molar-refractivity contribution in [1.29, 1.82) is 0 Å². The zero-order valence-electron chi connectivity index (χ0n) is 10.7. The normalized spacial score (nSPS) is 17.0. The van der Waals surface area contributed by atoms with E-state index in [2.05, 4.69) is 16.0 Å². The number of anilines is 1. The lowest BCUT2D eigenvalue weighted by Crippen LogP contribution is -2.05. The minimum Gasteiger partial charge on any atom is -0.493 e. The highest BCUT2D eigenvalue weighted by atomic mass is 32.2. The Morgan fingerprint density at radius 3 is 3.05 bits per heavy atom. The highest BCUT2D eigenvalue weighted by Crippen LogP contribution is 2.36. The smallest absolute Gasteiger partial charge is 0.189 e. The van der Waals surface area contributed by atoms with E-state index in [1.54, 1.807) is 17.8 Å². The molecule has 2 aromatic rings. The standard InChI is InChI=1S/C14H15N3OS/c1-9-6-13(15)17-14(16-9)19-8-10-7-18-12-5-3-2-4-11(10)12/h2-6,10H,7-8H2,1H3,(H2,15,16,17). The van der Waals surface area contributed by atoms with Crippen LogP contribution in [0.2, 0.25) is 0 Å². The quantitative estimate of drug-likeness (QED) is 0.688. The Morgan fingerprint density at radius 1 is 1.37 bits per heavy atom. The molecule has 1 unspecified atom stereocenters. The van der Waals surface area contributed by atoms with Crippen molar-refractivity contribution in [2.75, 3.05) is 18.1 Å². The first-order valence-electron chi connectivity index (χ1n) is 6.18. The first-order chi connectivity index (χ1) is 9.22. The third kappa shape index (κ3) is 2.66. The third-order valence-electron chi connectivity index (χ3n) is 3.07. The monoisotopic (exact) mass is 273 g/mol. The molecule has 1 aromatic heterocycles. The Morgan fingerprint density at radius 2 is 2.21 bits per heavy atom. The SMILES string of the molecule is Cc1cc(N)nc(SCC2COc3ccccc32)n1. The van der Waals surface area contributed by atoms with Gasteiger partial charge in [0.2, 0.25) is 0 Å². The van der Waals surface area contributed by atoms with Gasteiger partial charge in [0, 0.05) is 29.0 Å². The first-order valence-corrected chi connectivity index (χ1v) is 7.16. The van der Waals surface area contributed by atoms with Crippen molar-refractivity contribution < 1.29 is 4.74 Å². The summed E-state index contributed by atoms with van der Waals surface area (Å²) in [5.74, 6) is 2.82. The van der Waals surface area contributed by atoms with Gasteiger partial charge in [0.05, 0.1) is 6.61 Å². The molecule has 5 heteroatoms. The van der Waals surface area contributed by atoms with Crippen molar-refractivity contribution >= 4 is 17.6 Å². The molecule has 1 aromatic carbocycles. The number of para-hydroxylation sites is 1. The summed E-state index contributed by atoms with van der Waals surface area (Å²) >= 11 is 1.63. The van der Waals surface area contributed by atoms with E-state index in [1.165, 1.54) is 5.56 Å². The van der Waals surface area contributed by atoms with Crippen LogP contribution in [0.3, 0.4) is 0 Å². The summed E-state index contributed by atoms with van der Waals surface area (Å²) in [5, 5.41) is 0.738. The molecule has 0 spiro atoms. The molecule has 0 aliphatic carbocycles. The Hall–Kier alpha value is -1.75. The van der Waals surface area contributed by atoms with Gasteiger partial charge < -0.3 is 10.5 Å². The van der Waals surface area contributed by atoms with Gasteiger partial charge in [-0.25, -0.2) is 9.97 Å². The van der Waals surface area contributed by atoms with Gasteiger partial charge in [-0.2, -0.15) is 0 Å². The molecule has 1 aliphatic rings. The summed E-state index contributed by atoms with van der Waals surface area (Å²) in [6, 6.07) is 9.96. The Kier molecular flexibility index (Phi) is 3.29. The van der Waals surface area contributed by atoms with E-state index in [-0.39, 0.29) is 0 Å². The topological polar surface area (TPSA) is 61.0 Å². The van der Waals surface area contributed by atoms with Gasteiger partial charge in [0.15, 0.2) is 5.16 Å². The van der Waals surface area contributed by atoms with Crippen LogP contribution in [0, 0.1) is 6.92 Å². The number of ether oxygens (including phenoxy) is 1. The van der Waals surface area contributed by atoms with Gasteiger partial charge in [0.1, 0.15) is 11.6 Å². The van der Waals surface area contributed by atoms with E-state index in [0.717, 1.165) is 29.0 Å². The van der Waals surface area contributed by atoms with E-state index in [1.807, 2.05) is 25.1 Å². The van der Waals surface area contributed by atoms with Gasteiger partial charge in [0.25, 0.3) is 0 Å². The number of hydrogen-bond donors (Lipinski definition) is 1. The van der Waals surface area contributed by atoms with Gasteiger partial charge in [-0.3, -0.25) is 0 Å². The van der Waals surface area contributed by atoms with Gasteiger partial charge in [-0.05, 0) is 13.0 Å².